The van der Waals surface area contributed by atoms with Gasteiger partial charge in [0.25, 0.3) is 11.5 Å². The van der Waals surface area contributed by atoms with Gasteiger partial charge >= 0.3 is 0 Å². The van der Waals surface area contributed by atoms with Crippen LogP contribution in [0, 0.1) is 18.7 Å². The Balaban J connectivity index is 1.76. The number of amides is 1. The van der Waals surface area contributed by atoms with Crippen LogP contribution in [-0.2, 0) is 6.54 Å². The van der Waals surface area contributed by atoms with Crippen molar-refractivity contribution in [3.05, 3.63) is 111 Å². The molecule has 0 fully saturated rings. The van der Waals surface area contributed by atoms with Crippen LogP contribution >= 0.6 is 11.3 Å². The zero-order chi connectivity index (χ0) is 28.4. The van der Waals surface area contributed by atoms with E-state index in [-0.39, 0.29) is 23.2 Å². The van der Waals surface area contributed by atoms with Crippen LogP contribution < -0.4 is 11.3 Å². The number of nitrogens with two attached hydrogens (primary N) is 1. The van der Waals surface area contributed by atoms with E-state index in [9.17, 15) is 14.0 Å². The average Bonchev–Trinajstić information content (AvgIpc) is 3.31. The van der Waals surface area contributed by atoms with Crippen LogP contribution in [0.25, 0.3) is 20.3 Å². The molecule has 1 unspecified atom stereocenters. The highest BCUT2D eigenvalue weighted by molar-refractivity contribution is 7.25. The minimum Gasteiger partial charge on any atom is -0.330 e. The lowest BCUT2D eigenvalue weighted by Gasteiger charge is -2.35. The average molecular weight is 557 g/mol. The molecule has 2 aromatic heterocycles. The first kappa shape index (κ1) is 27.7. The number of benzene rings is 3. The normalized spacial score (nSPS) is 12.3. The maximum atomic E-state index is 14.3. The maximum absolute atomic E-state index is 14.3. The second kappa shape index (κ2) is 11.7. The van der Waals surface area contributed by atoms with Gasteiger partial charge in [-0.3, -0.25) is 14.2 Å². The van der Waals surface area contributed by atoms with E-state index in [4.69, 9.17) is 10.7 Å². The van der Waals surface area contributed by atoms with Crippen LogP contribution in [0.5, 0.6) is 0 Å². The molecule has 0 bridgehead atoms. The molecule has 2 heterocycles. The standard InChI is InChI=1S/C32H33FN4O2S/c1-20(2)28(36(17-7-16-34)31(38)23-12-10-21(3)11-13-23)30-35-27-25-18-24(33)14-15-26(25)40-29(27)32(39)37(30)19-22-8-5-4-6-9-22/h4-6,8-15,18,20,28H,7,16-17,19,34H2,1-3H3. The molecule has 0 aliphatic heterocycles. The molecule has 0 aliphatic carbocycles. The molecule has 206 valence electrons. The van der Waals surface area contributed by atoms with Crippen molar-refractivity contribution < 1.29 is 9.18 Å². The third-order valence-corrected chi connectivity index (χ3v) is 8.29. The predicted molar refractivity (Wildman–Crippen MR) is 160 cm³/mol. The number of nitrogens with zero attached hydrogens (tertiary/aromatic N) is 3. The third kappa shape index (κ3) is 5.42. The van der Waals surface area contributed by atoms with Crippen molar-refractivity contribution in [3.63, 3.8) is 0 Å². The fourth-order valence-corrected chi connectivity index (χ4v) is 6.22. The Hall–Kier alpha value is -3.88. The molecule has 0 aliphatic rings. The van der Waals surface area contributed by atoms with Gasteiger partial charge in [-0.05, 0) is 61.7 Å². The summed E-state index contributed by atoms with van der Waals surface area (Å²) in [5, 5.41) is 0.603. The smallest absolute Gasteiger partial charge is 0.271 e. The number of rotatable bonds is 9. The fourth-order valence-electron chi connectivity index (χ4n) is 5.15. The van der Waals surface area contributed by atoms with E-state index in [0.29, 0.717) is 53.0 Å². The van der Waals surface area contributed by atoms with Crippen molar-refractivity contribution in [2.45, 2.75) is 39.8 Å². The van der Waals surface area contributed by atoms with Crippen molar-refractivity contribution in [3.8, 4) is 0 Å². The van der Waals surface area contributed by atoms with E-state index in [1.807, 2.05) is 75.4 Å². The number of aromatic nitrogens is 2. The molecule has 0 radical (unpaired) electrons. The third-order valence-electron chi connectivity index (χ3n) is 7.14. The lowest BCUT2D eigenvalue weighted by atomic mass is 9.98. The number of hydrogen-bond donors (Lipinski definition) is 1. The summed E-state index contributed by atoms with van der Waals surface area (Å²) in [6, 6.07) is 21.2. The number of fused-ring (bicyclic) bond motifs is 3. The van der Waals surface area contributed by atoms with Gasteiger partial charge in [-0.2, -0.15) is 0 Å². The zero-order valence-corrected chi connectivity index (χ0v) is 23.7. The SMILES string of the molecule is Cc1ccc(C(=O)N(CCCN)C(c2nc3c(sc4ccc(F)cc43)c(=O)n2Cc2ccccc2)C(C)C)cc1. The van der Waals surface area contributed by atoms with Gasteiger partial charge in [-0.25, -0.2) is 9.37 Å². The second-order valence-electron chi connectivity index (χ2n) is 10.5. The Bertz CT molecular complexity index is 1710. The highest BCUT2D eigenvalue weighted by atomic mass is 32.1. The Morgan fingerprint density at radius 2 is 1.80 bits per heavy atom. The number of hydrogen-bond acceptors (Lipinski definition) is 5. The number of aryl methyl sites for hydroxylation is 1. The number of thiophene rings is 1. The van der Waals surface area contributed by atoms with E-state index in [1.165, 1.54) is 23.5 Å². The molecule has 40 heavy (non-hydrogen) atoms. The van der Waals surface area contributed by atoms with Crippen molar-refractivity contribution in [1.82, 2.24) is 14.5 Å². The number of halogens is 1. The van der Waals surface area contributed by atoms with Crippen LogP contribution in [0.1, 0.15) is 53.6 Å². The summed E-state index contributed by atoms with van der Waals surface area (Å²) >= 11 is 1.32. The van der Waals surface area contributed by atoms with Crippen molar-refractivity contribution >= 4 is 37.5 Å². The molecular formula is C32H33FN4O2S. The Kier molecular flexibility index (Phi) is 8.09. The summed E-state index contributed by atoms with van der Waals surface area (Å²) < 4.78 is 17.3. The first-order chi connectivity index (χ1) is 19.3. The second-order valence-corrected chi connectivity index (χ2v) is 11.5. The summed E-state index contributed by atoms with van der Waals surface area (Å²) in [7, 11) is 0. The van der Waals surface area contributed by atoms with E-state index < -0.39 is 6.04 Å². The molecule has 0 saturated carbocycles. The lowest BCUT2D eigenvalue weighted by molar-refractivity contribution is 0.0603. The Morgan fingerprint density at radius 1 is 1.07 bits per heavy atom. The van der Waals surface area contributed by atoms with E-state index in [2.05, 4.69) is 0 Å². The van der Waals surface area contributed by atoms with E-state index >= 15 is 0 Å². The summed E-state index contributed by atoms with van der Waals surface area (Å²) in [5.41, 5.74) is 8.74. The van der Waals surface area contributed by atoms with Gasteiger partial charge in [0.1, 0.15) is 16.3 Å². The molecule has 0 spiro atoms. The van der Waals surface area contributed by atoms with E-state index in [1.54, 1.807) is 15.5 Å². The molecule has 1 atom stereocenters. The Labute approximate surface area is 236 Å². The van der Waals surface area contributed by atoms with Crippen LogP contribution in [0.2, 0.25) is 0 Å². The topological polar surface area (TPSA) is 81.2 Å². The summed E-state index contributed by atoms with van der Waals surface area (Å²) in [6.07, 6.45) is 0.596. The van der Waals surface area contributed by atoms with Gasteiger partial charge in [0, 0.05) is 22.2 Å². The van der Waals surface area contributed by atoms with Crippen LogP contribution in [0.15, 0.2) is 77.6 Å². The number of carbonyl (C=O) groups excluding carboxylic acids is 1. The molecule has 3 aromatic carbocycles. The number of carbonyl (C=O) groups is 1. The van der Waals surface area contributed by atoms with Gasteiger partial charge in [-0.15, -0.1) is 11.3 Å². The van der Waals surface area contributed by atoms with Gasteiger partial charge in [-0.1, -0.05) is 61.9 Å². The molecule has 1 amide bonds. The monoisotopic (exact) mass is 556 g/mol. The molecule has 8 heteroatoms. The van der Waals surface area contributed by atoms with Crippen LogP contribution in [0.4, 0.5) is 4.39 Å². The molecule has 5 aromatic rings. The molecule has 6 nitrogen and oxygen atoms in total. The van der Waals surface area contributed by atoms with Crippen molar-refractivity contribution in [2.24, 2.45) is 11.7 Å². The van der Waals surface area contributed by atoms with Crippen LogP contribution in [-0.4, -0.2) is 33.4 Å². The van der Waals surface area contributed by atoms with E-state index in [0.717, 1.165) is 15.8 Å². The van der Waals surface area contributed by atoms with Gasteiger partial charge < -0.3 is 10.6 Å². The van der Waals surface area contributed by atoms with Crippen LogP contribution in [0.3, 0.4) is 0 Å². The molecular weight excluding hydrogens is 523 g/mol. The Morgan fingerprint density at radius 3 is 2.48 bits per heavy atom. The maximum Gasteiger partial charge on any atom is 0.271 e. The summed E-state index contributed by atoms with van der Waals surface area (Å²) in [4.78, 5) is 35.1. The lowest BCUT2D eigenvalue weighted by Crippen LogP contribution is -2.42. The first-order valence-corrected chi connectivity index (χ1v) is 14.3. The summed E-state index contributed by atoms with van der Waals surface area (Å²) in [6.45, 7) is 7.15. The zero-order valence-electron chi connectivity index (χ0n) is 22.9. The largest absolute Gasteiger partial charge is 0.330 e. The first-order valence-electron chi connectivity index (χ1n) is 13.5. The minimum absolute atomic E-state index is 0.0832. The highest BCUT2D eigenvalue weighted by Crippen LogP contribution is 2.35. The van der Waals surface area contributed by atoms with Gasteiger partial charge in [0.05, 0.1) is 18.1 Å². The predicted octanol–water partition coefficient (Wildman–Crippen LogP) is 6.30. The van der Waals surface area contributed by atoms with Gasteiger partial charge in [0.2, 0.25) is 0 Å². The van der Waals surface area contributed by atoms with Gasteiger partial charge in [0.15, 0.2) is 0 Å². The van der Waals surface area contributed by atoms with Crippen molar-refractivity contribution in [1.29, 1.82) is 0 Å². The quantitative estimate of drug-likeness (QED) is 0.231. The molecule has 0 saturated heterocycles. The fraction of sp³-hybridized carbons (Fsp3) is 0.281. The highest BCUT2D eigenvalue weighted by Gasteiger charge is 2.33. The molecule has 5 rings (SSSR count). The van der Waals surface area contributed by atoms with Crippen molar-refractivity contribution in [2.75, 3.05) is 13.1 Å². The minimum atomic E-state index is -0.523. The summed E-state index contributed by atoms with van der Waals surface area (Å²) in [5.74, 6) is -0.129. The molecule has 2 N–H and O–H groups in total.